The topological polar surface area (TPSA) is 82.5 Å². The van der Waals surface area contributed by atoms with Crippen molar-refractivity contribution in [1.29, 1.82) is 0 Å². The Hall–Kier alpha value is -3.52. The highest BCUT2D eigenvalue weighted by Gasteiger charge is 2.50. The summed E-state index contributed by atoms with van der Waals surface area (Å²) in [5, 5.41) is 0. The Kier molecular flexibility index (Phi) is 5.71. The van der Waals surface area contributed by atoms with Crippen LogP contribution in [0.2, 0.25) is 0 Å². The molecule has 1 atom stereocenters. The normalized spacial score (nSPS) is 13.9. The molecule has 0 bridgehead atoms. The van der Waals surface area contributed by atoms with Crippen molar-refractivity contribution in [1.82, 2.24) is 14.4 Å². The van der Waals surface area contributed by atoms with Gasteiger partial charge in [-0.15, -0.1) is 0 Å². The monoisotopic (exact) mass is 486 g/mol. The van der Waals surface area contributed by atoms with Gasteiger partial charge in [-0.05, 0) is 18.6 Å². The number of ether oxygens (including phenoxy) is 1. The van der Waals surface area contributed by atoms with Crippen molar-refractivity contribution in [3.05, 3.63) is 47.4 Å². The van der Waals surface area contributed by atoms with E-state index in [2.05, 4.69) is 14.7 Å². The molecule has 0 radical (unpaired) electrons. The van der Waals surface area contributed by atoms with Crippen LogP contribution in [-0.2, 0) is 15.7 Å². The molecule has 0 aliphatic rings. The predicted molar refractivity (Wildman–Crippen MR) is 93.5 cm³/mol. The van der Waals surface area contributed by atoms with E-state index in [0.29, 0.717) is 6.20 Å². The van der Waals surface area contributed by atoms with Crippen LogP contribution < -0.4 is 5.73 Å². The number of hydrogen-bond acceptors (Lipinski definition) is 5. The number of benzene rings is 1. The fourth-order valence-electron chi connectivity index (χ4n) is 2.92. The zero-order chi connectivity index (χ0) is 24.9. The Balaban J connectivity index is 2.17. The van der Waals surface area contributed by atoms with Crippen molar-refractivity contribution in [2.45, 2.75) is 31.6 Å². The van der Waals surface area contributed by atoms with Gasteiger partial charge >= 0.3 is 24.5 Å². The van der Waals surface area contributed by atoms with Gasteiger partial charge < -0.3 is 10.5 Å². The van der Waals surface area contributed by atoms with Crippen molar-refractivity contribution in [3.63, 3.8) is 0 Å². The van der Waals surface area contributed by atoms with Crippen LogP contribution in [0.1, 0.15) is 22.9 Å². The molecule has 178 valence electrons. The molecule has 0 amide bonds. The molecule has 0 saturated heterocycles. The zero-order valence-corrected chi connectivity index (χ0v) is 16.1. The summed E-state index contributed by atoms with van der Waals surface area (Å²) in [6.07, 6.45) is -17.8. The number of aryl methyl sites for hydroxylation is 1. The van der Waals surface area contributed by atoms with Gasteiger partial charge in [0.25, 0.3) is 0 Å². The molecule has 2 N–H and O–H groups in total. The molecule has 1 aromatic carbocycles. The quantitative estimate of drug-likeness (QED) is 0.416. The Morgan fingerprint density at radius 2 is 1.73 bits per heavy atom. The number of fused-ring (bicyclic) bond motifs is 1. The highest BCUT2D eigenvalue weighted by Crippen LogP contribution is 2.40. The lowest BCUT2D eigenvalue weighted by Gasteiger charge is -2.22. The summed E-state index contributed by atoms with van der Waals surface area (Å²) in [6.45, 7) is 1.39. The number of nitrogens with zero attached hydrogens (tertiary/aromatic N) is 3. The number of rotatable bonds is 3. The number of anilines is 1. The van der Waals surface area contributed by atoms with E-state index in [0.717, 1.165) is 28.8 Å². The molecule has 2 aromatic heterocycles. The van der Waals surface area contributed by atoms with Crippen molar-refractivity contribution in [3.8, 4) is 11.3 Å². The molecule has 3 rings (SSSR count). The van der Waals surface area contributed by atoms with Gasteiger partial charge in [0, 0.05) is 17.3 Å². The van der Waals surface area contributed by atoms with Gasteiger partial charge in [0.15, 0.2) is 17.2 Å². The number of carbonyl (C=O) groups excluding carboxylic acids is 1. The Bertz CT molecular complexity index is 1210. The molecule has 0 unspecified atom stereocenters. The molecule has 0 fully saturated rings. The smallest absolute Gasteiger partial charge is 0.441 e. The summed E-state index contributed by atoms with van der Waals surface area (Å²) in [5.74, 6) is -3.67. The maximum atomic E-state index is 13.4. The van der Waals surface area contributed by atoms with Gasteiger partial charge in [-0.25, -0.2) is 14.8 Å². The van der Waals surface area contributed by atoms with Crippen molar-refractivity contribution < 1.29 is 49.0 Å². The second kappa shape index (κ2) is 7.81. The van der Waals surface area contributed by atoms with Crippen molar-refractivity contribution in [2.75, 3.05) is 5.73 Å². The standard InChI is InChI=1S/C18H11F9N4O2/c1-7-2-3-8(12(17(22,23)24)33-15(32)18(25,26)27)4-9(7)10-5-29-14-13(28)30-11(6-31(10)14)16(19,20)21/h2-6,12H,1H3,(H2,28,30)/t12-/m0/s1. The largest absolute Gasteiger partial charge is 0.490 e. The number of hydrogen-bond donors (Lipinski definition) is 1. The first-order valence-corrected chi connectivity index (χ1v) is 8.66. The average molecular weight is 486 g/mol. The first-order valence-electron chi connectivity index (χ1n) is 8.66. The summed E-state index contributed by atoms with van der Waals surface area (Å²) < 4.78 is 121. The van der Waals surface area contributed by atoms with Crippen molar-refractivity contribution >= 4 is 17.4 Å². The maximum Gasteiger partial charge on any atom is 0.490 e. The first kappa shape index (κ1) is 24.1. The van der Waals surface area contributed by atoms with Crippen LogP contribution in [0, 0.1) is 6.92 Å². The van der Waals surface area contributed by atoms with Gasteiger partial charge in [0.2, 0.25) is 6.10 Å². The van der Waals surface area contributed by atoms with E-state index in [1.165, 1.54) is 6.92 Å². The minimum atomic E-state index is -5.68. The SMILES string of the molecule is Cc1ccc([C@H](OC(=O)C(F)(F)F)C(F)(F)F)cc1-c1cnc2c(N)nc(C(F)(F)F)cn12. The Morgan fingerprint density at radius 3 is 2.27 bits per heavy atom. The molecule has 0 spiro atoms. The van der Waals surface area contributed by atoms with Crippen LogP contribution in [0.15, 0.2) is 30.6 Å². The molecule has 15 heteroatoms. The zero-order valence-electron chi connectivity index (χ0n) is 16.1. The molecule has 0 aliphatic carbocycles. The lowest BCUT2D eigenvalue weighted by Crippen LogP contribution is -2.33. The number of halogens is 9. The minimum Gasteiger partial charge on any atom is -0.441 e. The second-order valence-electron chi connectivity index (χ2n) is 6.75. The highest BCUT2D eigenvalue weighted by molar-refractivity contribution is 5.76. The lowest BCUT2D eigenvalue weighted by molar-refractivity contribution is -0.247. The minimum absolute atomic E-state index is 0.129. The van der Waals surface area contributed by atoms with Gasteiger partial charge in [-0.3, -0.25) is 4.40 Å². The molecular formula is C18H11F9N4O2. The Morgan fingerprint density at radius 1 is 1.09 bits per heavy atom. The number of nitrogens with two attached hydrogens (primary N) is 1. The third-order valence-corrected chi connectivity index (χ3v) is 4.40. The van der Waals surface area contributed by atoms with E-state index < -0.39 is 47.7 Å². The molecule has 6 nitrogen and oxygen atoms in total. The number of carbonyl (C=O) groups is 1. The van der Waals surface area contributed by atoms with E-state index >= 15 is 0 Å². The highest BCUT2D eigenvalue weighted by atomic mass is 19.4. The van der Waals surface area contributed by atoms with E-state index in [4.69, 9.17) is 5.73 Å². The molecule has 0 aliphatic heterocycles. The number of aromatic nitrogens is 3. The van der Waals surface area contributed by atoms with Crippen LogP contribution in [0.3, 0.4) is 0 Å². The number of alkyl halides is 9. The first-order chi connectivity index (χ1) is 15.0. The third kappa shape index (κ3) is 4.80. The fraction of sp³-hybridized carbons (Fsp3) is 0.278. The second-order valence-corrected chi connectivity index (χ2v) is 6.75. The van der Waals surface area contributed by atoms with Gasteiger partial charge in [-0.1, -0.05) is 12.1 Å². The molecular weight excluding hydrogens is 475 g/mol. The van der Waals surface area contributed by atoms with Crippen LogP contribution >= 0.6 is 0 Å². The summed E-state index contributed by atoms with van der Waals surface area (Å²) in [6, 6.07) is 2.59. The predicted octanol–water partition coefficient (Wildman–Crippen LogP) is 5.01. The van der Waals surface area contributed by atoms with E-state index in [1.807, 2.05) is 0 Å². The van der Waals surface area contributed by atoms with Gasteiger partial charge in [0.05, 0.1) is 11.9 Å². The summed E-state index contributed by atoms with van der Waals surface area (Å²) in [4.78, 5) is 18.0. The van der Waals surface area contributed by atoms with E-state index in [1.54, 1.807) is 0 Å². The molecule has 3 aromatic rings. The molecule has 33 heavy (non-hydrogen) atoms. The fourth-order valence-corrected chi connectivity index (χ4v) is 2.92. The molecule has 0 saturated carbocycles. The van der Waals surface area contributed by atoms with Crippen LogP contribution in [0.5, 0.6) is 0 Å². The van der Waals surface area contributed by atoms with Crippen LogP contribution in [0.4, 0.5) is 45.3 Å². The van der Waals surface area contributed by atoms with E-state index in [9.17, 15) is 44.3 Å². The summed E-state index contributed by atoms with van der Waals surface area (Å²) >= 11 is 0. The maximum absolute atomic E-state index is 13.4. The van der Waals surface area contributed by atoms with E-state index in [-0.39, 0.29) is 22.5 Å². The Labute approximate surface area is 177 Å². The number of esters is 1. The van der Waals surface area contributed by atoms with Gasteiger partial charge in [0.1, 0.15) is 0 Å². The third-order valence-electron chi connectivity index (χ3n) is 4.40. The summed E-state index contributed by atoms with van der Waals surface area (Å²) in [5.41, 5.74) is 2.91. The van der Waals surface area contributed by atoms with Crippen LogP contribution in [-0.4, -0.2) is 32.7 Å². The summed E-state index contributed by atoms with van der Waals surface area (Å²) in [7, 11) is 0. The molecule has 2 heterocycles. The average Bonchev–Trinajstić information content (AvgIpc) is 3.08. The number of imidazole rings is 1. The number of nitrogen functional groups attached to an aromatic ring is 1. The van der Waals surface area contributed by atoms with Crippen molar-refractivity contribution in [2.24, 2.45) is 0 Å². The lowest BCUT2D eigenvalue weighted by atomic mass is 9.99. The van der Waals surface area contributed by atoms with Crippen LogP contribution in [0.25, 0.3) is 16.9 Å². The van der Waals surface area contributed by atoms with Gasteiger partial charge in [-0.2, -0.15) is 39.5 Å².